The van der Waals surface area contributed by atoms with Gasteiger partial charge in [0.2, 0.25) is 5.91 Å². The number of benzene rings is 1. The second-order valence-corrected chi connectivity index (χ2v) is 3.47. The third-order valence-corrected chi connectivity index (χ3v) is 2.24. The molecule has 0 saturated heterocycles. The van der Waals surface area contributed by atoms with Crippen LogP contribution < -0.4 is 5.73 Å². The monoisotopic (exact) mass is 244 g/mol. The van der Waals surface area contributed by atoms with Crippen molar-refractivity contribution in [2.75, 3.05) is 0 Å². The summed E-state index contributed by atoms with van der Waals surface area (Å²) < 4.78 is 0. The van der Waals surface area contributed by atoms with E-state index in [9.17, 15) is 14.9 Å². The molecule has 0 radical (unpaired) electrons. The Morgan fingerprint density at radius 1 is 1.56 bits per heavy atom. The Morgan fingerprint density at radius 3 is 3.00 bits per heavy atom. The highest BCUT2D eigenvalue weighted by molar-refractivity contribution is 5.91. The lowest BCUT2D eigenvalue weighted by molar-refractivity contribution is -0.383. The van der Waals surface area contributed by atoms with Gasteiger partial charge in [0, 0.05) is 11.5 Å². The maximum Gasteiger partial charge on any atom is 0.297 e. The second kappa shape index (κ2) is 4.55. The molecular formula is C11H8N4O3. The van der Waals surface area contributed by atoms with Crippen molar-refractivity contribution in [1.29, 1.82) is 0 Å². The maximum atomic E-state index is 10.8. The molecular weight excluding hydrogens is 236 g/mol. The zero-order valence-electron chi connectivity index (χ0n) is 9.14. The molecule has 1 heterocycles. The van der Waals surface area contributed by atoms with Crippen molar-refractivity contribution in [3.63, 3.8) is 0 Å². The van der Waals surface area contributed by atoms with Crippen LogP contribution in [0, 0.1) is 22.0 Å². The van der Waals surface area contributed by atoms with Gasteiger partial charge in [0.05, 0.1) is 11.3 Å². The first kappa shape index (κ1) is 11.6. The summed E-state index contributed by atoms with van der Waals surface area (Å²) in [5, 5.41) is 17.8. The molecule has 0 bridgehead atoms. The van der Waals surface area contributed by atoms with Crippen LogP contribution in [-0.4, -0.2) is 21.0 Å². The molecule has 2 aromatic rings. The Labute approximate surface area is 101 Å². The van der Waals surface area contributed by atoms with Gasteiger partial charge in [0.1, 0.15) is 5.69 Å². The summed E-state index contributed by atoms with van der Waals surface area (Å²) in [7, 11) is 0. The van der Waals surface area contributed by atoms with Crippen molar-refractivity contribution < 1.29 is 9.72 Å². The third kappa shape index (κ3) is 2.12. The van der Waals surface area contributed by atoms with Crippen LogP contribution in [0.4, 0.5) is 5.69 Å². The normalized spacial score (nSPS) is 9.78. The fraction of sp³-hybridized carbons (Fsp3) is 0.0909. The Bertz CT molecular complexity index is 693. The Hall–Kier alpha value is -2.88. The number of hydrogen-bond acceptors (Lipinski definition) is 4. The minimum absolute atomic E-state index is 0.0740. The number of para-hydroxylation sites is 1. The number of nitrogens with zero attached hydrogens (tertiary/aromatic N) is 2. The van der Waals surface area contributed by atoms with E-state index in [0.29, 0.717) is 11.1 Å². The smallest absolute Gasteiger partial charge is 0.297 e. The Balaban J connectivity index is 2.48. The summed E-state index contributed by atoms with van der Waals surface area (Å²) in [5.74, 6) is 4.71. The van der Waals surface area contributed by atoms with Gasteiger partial charge in [-0.15, -0.1) is 0 Å². The second-order valence-electron chi connectivity index (χ2n) is 3.47. The summed E-state index contributed by atoms with van der Waals surface area (Å²) in [6, 6.07) is 4.58. The number of nitro groups is 1. The first-order chi connectivity index (χ1) is 8.59. The van der Waals surface area contributed by atoms with Crippen molar-refractivity contribution in [3.8, 4) is 11.8 Å². The zero-order chi connectivity index (χ0) is 13.1. The van der Waals surface area contributed by atoms with E-state index < -0.39 is 10.8 Å². The fourth-order valence-corrected chi connectivity index (χ4v) is 1.48. The van der Waals surface area contributed by atoms with Crippen LogP contribution in [-0.2, 0) is 4.79 Å². The van der Waals surface area contributed by atoms with Crippen LogP contribution in [0.3, 0.4) is 0 Å². The third-order valence-electron chi connectivity index (χ3n) is 2.24. The number of nitro benzene ring substituents is 1. The van der Waals surface area contributed by atoms with Crippen LogP contribution >= 0.6 is 0 Å². The van der Waals surface area contributed by atoms with E-state index >= 15 is 0 Å². The quantitative estimate of drug-likeness (QED) is 0.459. The summed E-state index contributed by atoms with van der Waals surface area (Å²) in [5.41, 5.74) is 5.53. The largest absolute Gasteiger partial charge is 0.369 e. The Morgan fingerprint density at radius 2 is 2.33 bits per heavy atom. The van der Waals surface area contributed by atoms with Gasteiger partial charge in [0.25, 0.3) is 5.69 Å². The molecule has 2 rings (SSSR count). The van der Waals surface area contributed by atoms with Gasteiger partial charge in [-0.2, -0.15) is 5.10 Å². The van der Waals surface area contributed by atoms with Crippen LogP contribution in [0.15, 0.2) is 18.2 Å². The molecule has 1 amide bonds. The van der Waals surface area contributed by atoms with Gasteiger partial charge >= 0.3 is 0 Å². The molecule has 7 nitrogen and oxygen atoms in total. The summed E-state index contributed by atoms with van der Waals surface area (Å²) >= 11 is 0. The number of H-pyrrole nitrogens is 1. The summed E-state index contributed by atoms with van der Waals surface area (Å²) in [4.78, 5) is 20.8. The van der Waals surface area contributed by atoms with Crippen molar-refractivity contribution in [2.24, 2.45) is 5.73 Å². The predicted molar refractivity (Wildman–Crippen MR) is 63.4 cm³/mol. The first-order valence-corrected chi connectivity index (χ1v) is 4.98. The highest BCUT2D eigenvalue weighted by Gasteiger charge is 2.15. The van der Waals surface area contributed by atoms with E-state index in [2.05, 4.69) is 22.0 Å². The van der Waals surface area contributed by atoms with E-state index in [1.807, 2.05) is 0 Å². The molecule has 0 spiro atoms. The van der Waals surface area contributed by atoms with E-state index in [0.717, 1.165) is 0 Å². The maximum absolute atomic E-state index is 10.8. The molecule has 1 aromatic carbocycles. The molecule has 7 heteroatoms. The van der Waals surface area contributed by atoms with Crippen LogP contribution in [0.1, 0.15) is 12.1 Å². The van der Waals surface area contributed by atoms with Gasteiger partial charge < -0.3 is 5.73 Å². The molecule has 0 fully saturated rings. The first-order valence-electron chi connectivity index (χ1n) is 4.98. The fourth-order valence-electron chi connectivity index (χ4n) is 1.48. The standard InChI is InChI=1S/C11H8N4O3/c12-10(16)6-2-4-8-7-3-1-5-9(15(17)18)11(7)14-13-8/h1,3,5H,6H2,(H2,12,16)(H,13,14). The van der Waals surface area contributed by atoms with Gasteiger partial charge in [-0.3, -0.25) is 20.0 Å². The number of fused-ring (bicyclic) bond motifs is 1. The SMILES string of the molecule is NC(=O)CC#Cc1[nH]nc2c([N+](=O)[O-])cccc12. The Kier molecular flexibility index (Phi) is 2.93. The number of rotatable bonds is 2. The molecule has 0 aliphatic rings. The van der Waals surface area contributed by atoms with Gasteiger partial charge in [-0.05, 0) is 12.0 Å². The zero-order valence-corrected chi connectivity index (χ0v) is 9.14. The molecule has 0 saturated carbocycles. The molecule has 18 heavy (non-hydrogen) atoms. The summed E-state index contributed by atoms with van der Waals surface area (Å²) in [6.45, 7) is 0. The number of aromatic nitrogens is 2. The van der Waals surface area contributed by atoms with E-state index in [1.54, 1.807) is 12.1 Å². The van der Waals surface area contributed by atoms with Gasteiger partial charge in [-0.1, -0.05) is 12.0 Å². The number of nitrogens with two attached hydrogens (primary N) is 1. The van der Waals surface area contributed by atoms with E-state index in [-0.39, 0.29) is 17.6 Å². The van der Waals surface area contributed by atoms with Crippen LogP contribution in [0.5, 0.6) is 0 Å². The van der Waals surface area contributed by atoms with Gasteiger partial charge in [-0.25, -0.2) is 0 Å². The molecule has 0 aliphatic carbocycles. The number of non-ortho nitro benzene ring substituents is 1. The molecule has 3 N–H and O–H groups in total. The molecule has 0 aliphatic heterocycles. The number of carbonyl (C=O) groups is 1. The molecule has 90 valence electrons. The van der Waals surface area contributed by atoms with Crippen molar-refractivity contribution in [3.05, 3.63) is 34.0 Å². The highest BCUT2D eigenvalue weighted by Crippen LogP contribution is 2.24. The topological polar surface area (TPSA) is 115 Å². The minimum atomic E-state index is -0.530. The number of nitrogens with one attached hydrogen (secondary N) is 1. The number of primary amides is 1. The van der Waals surface area contributed by atoms with Crippen LogP contribution in [0.25, 0.3) is 10.9 Å². The van der Waals surface area contributed by atoms with Crippen molar-refractivity contribution in [2.45, 2.75) is 6.42 Å². The average Bonchev–Trinajstić information content (AvgIpc) is 2.72. The molecule has 1 aromatic heterocycles. The average molecular weight is 244 g/mol. The van der Waals surface area contributed by atoms with Crippen molar-refractivity contribution >= 4 is 22.5 Å². The van der Waals surface area contributed by atoms with E-state index in [4.69, 9.17) is 5.73 Å². The predicted octanol–water partition coefficient (Wildman–Crippen LogP) is 0.698. The van der Waals surface area contributed by atoms with E-state index in [1.165, 1.54) is 6.07 Å². The van der Waals surface area contributed by atoms with Crippen LogP contribution in [0.2, 0.25) is 0 Å². The molecule has 0 unspecified atom stereocenters. The van der Waals surface area contributed by atoms with Crippen molar-refractivity contribution in [1.82, 2.24) is 10.2 Å². The number of carbonyl (C=O) groups excluding carboxylic acids is 1. The summed E-state index contributed by atoms with van der Waals surface area (Å²) in [6.07, 6.45) is -0.0740. The lowest BCUT2D eigenvalue weighted by Gasteiger charge is -1.91. The minimum Gasteiger partial charge on any atom is -0.369 e. The highest BCUT2D eigenvalue weighted by atomic mass is 16.6. The number of amides is 1. The molecule has 0 atom stereocenters. The number of hydrogen-bond donors (Lipinski definition) is 2. The lowest BCUT2D eigenvalue weighted by Crippen LogP contribution is -2.08. The van der Waals surface area contributed by atoms with Gasteiger partial charge in [0.15, 0.2) is 5.52 Å². The lowest BCUT2D eigenvalue weighted by atomic mass is 10.2. The number of aromatic amines is 1.